The number of hydrogen-bond donors (Lipinski definition) is 2. The van der Waals surface area contributed by atoms with E-state index in [-0.39, 0.29) is 11.7 Å². The van der Waals surface area contributed by atoms with Crippen LogP contribution in [0.15, 0.2) is 47.6 Å². The molecule has 2 N–H and O–H groups in total. The minimum absolute atomic E-state index is 0.0374. The van der Waals surface area contributed by atoms with Crippen LogP contribution in [-0.2, 0) is 4.79 Å². The first-order valence-corrected chi connectivity index (χ1v) is 7.60. The van der Waals surface area contributed by atoms with Crippen molar-refractivity contribution in [2.24, 2.45) is 5.10 Å². The van der Waals surface area contributed by atoms with Crippen molar-refractivity contribution in [2.75, 3.05) is 7.11 Å². The standard InChI is InChI=1S/C17H17N5O3/c1-11(22-14-6-4-3-5-13(14)19-21-22)17(24)20-18-10-12-7-8-15(23)16(9-12)25-2/h3-11,23H,1-2H3,(H,20,24). The number of aromatic hydroxyl groups is 1. The summed E-state index contributed by atoms with van der Waals surface area (Å²) in [4.78, 5) is 12.3. The van der Waals surface area contributed by atoms with Gasteiger partial charge in [-0.1, -0.05) is 17.3 Å². The monoisotopic (exact) mass is 339 g/mol. The molecule has 0 aliphatic rings. The number of rotatable bonds is 5. The number of ether oxygens (including phenoxy) is 1. The molecule has 0 aliphatic heterocycles. The molecule has 1 heterocycles. The van der Waals surface area contributed by atoms with Crippen LogP contribution in [-0.4, -0.2) is 39.3 Å². The molecule has 3 rings (SSSR count). The SMILES string of the molecule is COc1cc(C=NNC(=O)C(C)n2nnc3ccccc32)ccc1O. The van der Waals surface area contributed by atoms with Crippen LogP contribution >= 0.6 is 0 Å². The summed E-state index contributed by atoms with van der Waals surface area (Å²) in [6.07, 6.45) is 1.46. The normalized spacial score (nSPS) is 12.4. The third-order valence-corrected chi connectivity index (χ3v) is 3.72. The number of fused-ring (bicyclic) bond motifs is 1. The highest BCUT2D eigenvalue weighted by Gasteiger charge is 2.18. The van der Waals surface area contributed by atoms with E-state index in [4.69, 9.17) is 4.74 Å². The molecular formula is C17H17N5O3. The van der Waals surface area contributed by atoms with Gasteiger partial charge in [0.05, 0.1) is 18.8 Å². The molecule has 1 unspecified atom stereocenters. The Labute approximate surface area is 143 Å². The van der Waals surface area contributed by atoms with Crippen LogP contribution in [0.25, 0.3) is 11.0 Å². The molecule has 0 bridgehead atoms. The second kappa shape index (κ2) is 7.00. The van der Waals surface area contributed by atoms with Crippen molar-refractivity contribution in [1.82, 2.24) is 20.4 Å². The molecule has 1 atom stereocenters. The lowest BCUT2D eigenvalue weighted by atomic mass is 10.2. The smallest absolute Gasteiger partial charge is 0.264 e. The number of para-hydroxylation sites is 1. The summed E-state index contributed by atoms with van der Waals surface area (Å²) < 4.78 is 6.57. The van der Waals surface area contributed by atoms with Crippen molar-refractivity contribution in [1.29, 1.82) is 0 Å². The van der Waals surface area contributed by atoms with E-state index in [0.717, 1.165) is 11.0 Å². The van der Waals surface area contributed by atoms with E-state index in [2.05, 4.69) is 20.8 Å². The lowest BCUT2D eigenvalue weighted by Gasteiger charge is -2.10. The maximum Gasteiger partial charge on any atom is 0.264 e. The molecule has 8 nitrogen and oxygen atoms in total. The average Bonchev–Trinajstić information content (AvgIpc) is 3.06. The van der Waals surface area contributed by atoms with E-state index in [1.165, 1.54) is 19.4 Å². The summed E-state index contributed by atoms with van der Waals surface area (Å²) in [6, 6.07) is 11.6. The first-order chi connectivity index (χ1) is 12.1. The zero-order valence-electron chi connectivity index (χ0n) is 13.7. The number of hydrogen-bond acceptors (Lipinski definition) is 6. The van der Waals surface area contributed by atoms with E-state index < -0.39 is 6.04 Å². The summed E-state index contributed by atoms with van der Waals surface area (Å²) in [5, 5.41) is 21.6. The van der Waals surface area contributed by atoms with Crippen molar-refractivity contribution < 1.29 is 14.6 Å². The molecule has 128 valence electrons. The Bertz CT molecular complexity index is 935. The molecule has 3 aromatic rings. The maximum absolute atomic E-state index is 12.3. The van der Waals surface area contributed by atoms with Gasteiger partial charge in [-0.3, -0.25) is 4.79 Å². The van der Waals surface area contributed by atoms with Crippen LogP contribution in [0.5, 0.6) is 11.5 Å². The Kier molecular flexibility index (Phi) is 4.60. The number of methoxy groups -OCH3 is 1. The van der Waals surface area contributed by atoms with Gasteiger partial charge in [0.15, 0.2) is 11.5 Å². The predicted octanol–water partition coefficient (Wildman–Crippen LogP) is 1.86. The fourth-order valence-corrected chi connectivity index (χ4v) is 2.32. The van der Waals surface area contributed by atoms with Gasteiger partial charge in [-0.25, -0.2) is 10.1 Å². The number of amides is 1. The Balaban J connectivity index is 1.69. The number of phenolic OH excluding ortho intramolecular Hbond substituents is 1. The van der Waals surface area contributed by atoms with Gasteiger partial charge in [-0.05, 0) is 42.8 Å². The molecular weight excluding hydrogens is 322 g/mol. The largest absolute Gasteiger partial charge is 0.504 e. The Morgan fingerprint density at radius 1 is 1.36 bits per heavy atom. The Morgan fingerprint density at radius 3 is 2.96 bits per heavy atom. The number of aromatic nitrogens is 3. The van der Waals surface area contributed by atoms with Crippen LogP contribution in [0.4, 0.5) is 0 Å². The molecule has 8 heteroatoms. The van der Waals surface area contributed by atoms with Crippen LogP contribution in [0.1, 0.15) is 18.5 Å². The van der Waals surface area contributed by atoms with E-state index in [1.54, 1.807) is 23.7 Å². The molecule has 0 aliphatic carbocycles. The molecule has 0 saturated heterocycles. The predicted molar refractivity (Wildman–Crippen MR) is 92.6 cm³/mol. The van der Waals surface area contributed by atoms with Crippen LogP contribution in [0.2, 0.25) is 0 Å². The third kappa shape index (κ3) is 3.42. The summed E-state index contributed by atoms with van der Waals surface area (Å²) in [5.41, 5.74) is 4.65. The fourth-order valence-electron chi connectivity index (χ4n) is 2.32. The van der Waals surface area contributed by atoms with Crippen LogP contribution in [0, 0.1) is 0 Å². The first kappa shape index (κ1) is 16.4. The highest BCUT2D eigenvalue weighted by molar-refractivity contribution is 5.85. The molecule has 25 heavy (non-hydrogen) atoms. The zero-order valence-corrected chi connectivity index (χ0v) is 13.7. The number of nitrogens with one attached hydrogen (secondary N) is 1. The number of carbonyl (C=O) groups is 1. The minimum Gasteiger partial charge on any atom is -0.504 e. The highest BCUT2D eigenvalue weighted by Crippen LogP contribution is 2.25. The second-order valence-corrected chi connectivity index (χ2v) is 5.36. The quantitative estimate of drug-likeness (QED) is 0.546. The average molecular weight is 339 g/mol. The van der Waals surface area contributed by atoms with Gasteiger partial charge in [-0.2, -0.15) is 5.10 Å². The van der Waals surface area contributed by atoms with Gasteiger partial charge in [0.1, 0.15) is 11.6 Å². The van der Waals surface area contributed by atoms with Gasteiger partial charge in [0, 0.05) is 0 Å². The van der Waals surface area contributed by atoms with Crippen molar-refractivity contribution in [3.05, 3.63) is 48.0 Å². The van der Waals surface area contributed by atoms with Gasteiger partial charge in [0.25, 0.3) is 5.91 Å². The van der Waals surface area contributed by atoms with Crippen molar-refractivity contribution in [3.8, 4) is 11.5 Å². The Hall–Kier alpha value is -3.42. The number of phenols is 1. The van der Waals surface area contributed by atoms with Gasteiger partial charge in [-0.15, -0.1) is 5.10 Å². The van der Waals surface area contributed by atoms with E-state index in [1.807, 2.05) is 24.3 Å². The molecule has 0 radical (unpaired) electrons. The summed E-state index contributed by atoms with van der Waals surface area (Å²) in [6.45, 7) is 1.72. The molecule has 0 fully saturated rings. The highest BCUT2D eigenvalue weighted by atomic mass is 16.5. The summed E-state index contributed by atoms with van der Waals surface area (Å²) in [5.74, 6) is 0.0470. The van der Waals surface area contributed by atoms with Gasteiger partial charge in [0.2, 0.25) is 0 Å². The molecule has 2 aromatic carbocycles. The number of benzene rings is 2. The number of carbonyl (C=O) groups excluding carboxylic acids is 1. The van der Waals surface area contributed by atoms with Crippen molar-refractivity contribution >= 4 is 23.2 Å². The van der Waals surface area contributed by atoms with Crippen LogP contribution in [0.3, 0.4) is 0 Å². The lowest BCUT2D eigenvalue weighted by molar-refractivity contribution is -0.124. The summed E-state index contributed by atoms with van der Waals surface area (Å²) in [7, 11) is 1.46. The number of nitrogens with zero attached hydrogens (tertiary/aromatic N) is 4. The van der Waals surface area contributed by atoms with Gasteiger partial charge >= 0.3 is 0 Å². The third-order valence-electron chi connectivity index (χ3n) is 3.72. The second-order valence-electron chi connectivity index (χ2n) is 5.36. The van der Waals surface area contributed by atoms with Crippen molar-refractivity contribution in [2.45, 2.75) is 13.0 Å². The Morgan fingerprint density at radius 2 is 2.16 bits per heavy atom. The molecule has 0 spiro atoms. The van der Waals surface area contributed by atoms with Gasteiger partial charge < -0.3 is 9.84 Å². The number of hydrazone groups is 1. The lowest BCUT2D eigenvalue weighted by Crippen LogP contribution is -2.28. The van der Waals surface area contributed by atoms with E-state index in [9.17, 15) is 9.90 Å². The summed E-state index contributed by atoms with van der Waals surface area (Å²) >= 11 is 0. The maximum atomic E-state index is 12.3. The molecule has 0 saturated carbocycles. The van der Waals surface area contributed by atoms with E-state index >= 15 is 0 Å². The fraction of sp³-hybridized carbons (Fsp3) is 0.176. The topological polar surface area (TPSA) is 102 Å². The zero-order chi connectivity index (χ0) is 17.8. The first-order valence-electron chi connectivity index (χ1n) is 7.60. The van der Waals surface area contributed by atoms with E-state index in [0.29, 0.717) is 11.3 Å². The van der Waals surface area contributed by atoms with Crippen LogP contribution < -0.4 is 10.2 Å². The molecule has 1 amide bonds. The molecule has 1 aromatic heterocycles. The van der Waals surface area contributed by atoms with Crippen molar-refractivity contribution in [3.63, 3.8) is 0 Å². The minimum atomic E-state index is -0.570.